The first-order valence-electron chi connectivity index (χ1n) is 5.83. The highest BCUT2D eigenvalue weighted by Crippen LogP contribution is 2.32. The number of ether oxygens (including phenoxy) is 1. The maximum Gasteiger partial charge on any atom is 0.391 e. The summed E-state index contributed by atoms with van der Waals surface area (Å²) in [6.45, 7) is 0.427. The fourth-order valence-corrected chi connectivity index (χ4v) is 2.27. The van der Waals surface area contributed by atoms with E-state index < -0.39 is 12.6 Å². The van der Waals surface area contributed by atoms with Gasteiger partial charge >= 0.3 is 6.18 Å². The molecule has 1 aliphatic carbocycles. The second-order valence-electron chi connectivity index (χ2n) is 4.49. The fourth-order valence-electron chi connectivity index (χ4n) is 2.27. The minimum absolute atomic E-state index is 0.217. The molecule has 5 heteroatoms. The molecule has 1 aliphatic rings. The first-order valence-corrected chi connectivity index (χ1v) is 5.83. The Morgan fingerprint density at radius 2 is 1.81 bits per heavy atom. The zero-order valence-corrected chi connectivity index (χ0v) is 9.70. The second kappa shape index (κ2) is 5.87. The molecule has 0 spiro atoms. The molecule has 0 heterocycles. The van der Waals surface area contributed by atoms with Crippen LogP contribution in [0.1, 0.15) is 38.5 Å². The molecule has 0 aromatic rings. The summed E-state index contributed by atoms with van der Waals surface area (Å²) >= 11 is 0. The Morgan fingerprint density at radius 1 is 1.19 bits per heavy atom. The van der Waals surface area contributed by atoms with E-state index in [1.807, 2.05) is 7.05 Å². The zero-order chi connectivity index (χ0) is 12.1. The summed E-state index contributed by atoms with van der Waals surface area (Å²) in [5.41, 5.74) is -0.363. The molecule has 1 N–H and O–H groups in total. The molecule has 0 radical (unpaired) electrons. The monoisotopic (exact) mass is 239 g/mol. The van der Waals surface area contributed by atoms with Crippen LogP contribution in [0.5, 0.6) is 0 Å². The summed E-state index contributed by atoms with van der Waals surface area (Å²) in [6, 6.07) is 0. The van der Waals surface area contributed by atoms with E-state index in [-0.39, 0.29) is 12.2 Å². The molecule has 0 aromatic heterocycles. The molecule has 0 aromatic carbocycles. The van der Waals surface area contributed by atoms with E-state index in [1.54, 1.807) is 0 Å². The van der Waals surface area contributed by atoms with Gasteiger partial charge in [0.25, 0.3) is 0 Å². The maximum atomic E-state index is 12.0. The minimum Gasteiger partial charge on any atom is -0.373 e. The Bertz CT molecular complexity index is 194. The first-order chi connectivity index (χ1) is 7.47. The molecular formula is C11H20F3NO. The van der Waals surface area contributed by atoms with Gasteiger partial charge < -0.3 is 10.1 Å². The Kier molecular flexibility index (Phi) is 5.05. The van der Waals surface area contributed by atoms with Gasteiger partial charge in [-0.1, -0.05) is 19.3 Å². The average molecular weight is 239 g/mol. The molecule has 0 amide bonds. The molecule has 0 bridgehead atoms. The lowest BCUT2D eigenvalue weighted by molar-refractivity contribution is -0.161. The average Bonchev–Trinajstić information content (AvgIpc) is 2.17. The number of hydrogen-bond donors (Lipinski definition) is 1. The minimum atomic E-state index is -4.12. The van der Waals surface area contributed by atoms with Gasteiger partial charge in [0, 0.05) is 6.54 Å². The van der Waals surface area contributed by atoms with E-state index in [0.717, 1.165) is 32.1 Å². The van der Waals surface area contributed by atoms with E-state index >= 15 is 0 Å². The Balaban J connectivity index is 2.38. The van der Waals surface area contributed by atoms with Crippen molar-refractivity contribution < 1.29 is 17.9 Å². The summed E-state index contributed by atoms with van der Waals surface area (Å²) in [4.78, 5) is 0. The van der Waals surface area contributed by atoms with Crippen LogP contribution in [0.3, 0.4) is 0 Å². The third kappa shape index (κ3) is 4.70. The van der Waals surface area contributed by atoms with Gasteiger partial charge in [-0.2, -0.15) is 13.2 Å². The second-order valence-corrected chi connectivity index (χ2v) is 4.49. The summed E-state index contributed by atoms with van der Waals surface area (Å²) in [5.74, 6) is 0. The van der Waals surface area contributed by atoms with Crippen molar-refractivity contribution in [1.29, 1.82) is 0 Å². The predicted octanol–water partition coefficient (Wildman–Crippen LogP) is 2.88. The van der Waals surface area contributed by atoms with Crippen molar-refractivity contribution in [1.82, 2.24) is 5.32 Å². The van der Waals surface area contributed by atoms with E-state index in [2.05, 4.69) is 5.32 Å². The highest BCUT2D eigenvalue weighted by molar-refractivity contribution is 4.86. The van der Waals surface area contributed by atoms with E-state index in [1.165, 1.54) is 0 Å². The van der Waals surface area contributed by atoms with Crippen LogP contribution in [0.4, 0.5) is 13.2 Å². The Labute approximate surface area is 94.5 Å². The third-order valence-electron chi connectivity index (χ3n) is 3.06. The smallest absolute Gasteiger partial charge is 0.373 e. The maximum absolute atomic E-state index is 12.0. The van der Waals surface area contributed by atoms with Crippen LogP contribution >= 0.6 is 0 Å². The van der Waals surface area contributed by atoms with Crippen molar-refractivity contribution in [2.24, 2.45) is 0 Å². The zero-order valence-electron chi connectivity index (χ0n) is 9.70. The van der Waals surface area contributed by atoms with Gasteiger partial charge in [0.05, 0.1) is 18.6 Å². The molecule has 1 saturated carbocycles. The quantitative estimate of drug-likeness (QED) is 0.796. The third-order valence-corrected chi connectivity index (χ3v) is 3.06. The number of likely N-dealkylation sites (N-methyl/N-ethyl adjacent to an activating group) is 1. The van der Waals surface area contributed by atoms with Gasteiger partial charge in [-0.3, -0.25) is 0 Å². The number of rotatable bonds is 5. The lowest BCUT2D eigenvalue weighted by Crippen LogP contribution is -2.44. The first kappa shape index (κ1) is 13.8. The van der Waals surface area contributed by atoms with Gasteiger partial charge in [0.1, 0.15) is 0 Å². The van der Waals surface area contributed by atoms with Crippen LogP contribution < -0.4 is 5.32 Å². The van der Waals surface area contributed by atoms with Crippen molar-refractivity contribution in [3.05, 3.63) is 0 Å². The molecule has 2 nitrogen and oxygen atoms in total. The van der Waals surface area contributed by atoms with Crippen molar-refractivity contribution in [2.45, 2.75) is 50.3 Å². The molecule has 96 valence electrons. The van der Waals surface area contributed by atoms with Gasteiger partial charge in [-0.25, -0.2) is 0 Å². The normalized spacial score (nSPS) is 21.0. The van der Waals surface area contributed by atoms with E-state index in [9.17, 15) is 13.2 Å². The summed E-state index contributed by atoms with van der Waals surface area (Å²) in [7, 11) is 1.81. The van der Waals surface area contributed by atoms with E-state index in [4.69, 9.17) is 4.74 Å². The molecule has 0 atom stereocenters. The Hall–Kier alpha value is -0.290. The van der Waals surface area contributed by atoms with E-state index in [0.29, 0.717) is 6.54 Å². The number of halogens is 3. The fraction of sp³-hybridized carbons (Fsp3) is 1.00. The molecule has 0 aliphatic heterocycles. The standard InChI is InChI=1S/C11H20F3NO/c1-15-9-10(5-3-2-4-6-10)16-8-7-11(12,13)14/h15H,2-9H2,1H3. The highest BCUT2D eigenvalue weighted by Gasteiger charge is 2.34. The topological polar surface area (TPSA) is 21.3 Å². The number of alkyl halides is 3. The van der Waals surface area contributed by atoms with Crippen molar-refractivity contribution in [3.63, 3.8) is 0 Å². The van der Waals surface area contributed by atoms with Crippen molar-refractivity contribution >= 4 is 0 Å². The van der Waals surface area contributed by atoms with Crippen molar-refractivity contribution in [2.75, 3.05) is 20.2 Å². The van der Waals surface area contributed by atoms with Crippen LogP contribution in [0, 0.1) is 0 Å². The summed E-state index contributed by atoms with van der Waals surface area (Å²) < 4.78 is 41.6. The van der Waals surface area contributed by atoms with Crippen LogP contribution in [-0.4, -0.2) is 32.0 Å². The number of hydrogen-bond acceptors (Lipinski definition) is 2. The summed E-state index contributed by atoms with van der Waals surface area (Å²) in [6.07, 6.45) is 0.0286. The molecular weight excluding hydrogens is 219 g/mol. The molecule has 1 fully saturated rings. The van der Waals surface area contributed by atoms with Gasteiger partial charge in [-0.15, -0.1) is 0 Å². The van der Waals surface area contributed by atoms with Crippen molar-refractivity contribution in [3.8, 4) is 0 Å². The van der Waals surface area contributed by atoms with Crippen LogP contribution in [0.2, 0.25) is 0 Å². The van der Waals surface area contributed by atoms with Crippen LogP contribution in [-0.2, 0) is 4.74 Å². The largest absolute Gasteiger partial charge is 0.391 e. The number of nitrogens with one attached hydrogen (secondary N) is 1. The summed E-state index contributed by atoms with van der Waals surface area (Å²) in [5, 5.41) is 3.02. The molecule has 0 saturated heterocycles. The van der Waals surface area contributed by atoms with Crippen LogP contribution in [0.15, 0.2) is 0 Å². The Morgan fingerprint density at radius 3 is 2.31 bits per heavy atom. The molecule has 16 heavy (non-hydrogen) atoms. The highest BCUT2D eigenvalue weighted by atomic mass is 19.4. The van der Waals surface area contributed by atoms with Gasteiger partial charge in [-0.05, 0) is 19.9 Å². The molecule has 0 unspecified atom stereocenters. The van der Waals surface area contributed by atoms with Crippen LogP contribution in [0.25, 0.3) is 0 Å². The van der Waals surface area contributed by atoms with Gasteiger partial charge in [0.2, 0.25) is 0 Å². The van der Waals surface area contributed by atoms with Gasteiger partial charge in [0.15, 0.2) is 0 Å². The molecule has 1 rings (SSSR count). The lowest BCUT2D eigenvalue weighted by Gasteiger charge is -2.37. The SMILES string of the molecule is CNCC1(OCCC(F)(F)F)CCCCC1. The predicted molar refractivity (Wildman–Crippen MR) is 56.4 cm³/mol. The lowest BCUT2D eigenvalue weighted by atomic mass is 9.84.